The normalized spacial score (nSPS) is 21.0. The van der Waals surface area contributed by atoms with Crippen LogP contribution in [0.1, 0.15) is 12.8 Å². The predicted molar refractivity (Wildman–Crippen MR) is 120 cm³/mol. The number of nitrogens with zero attached hydrogens (tertiary/aromatic N) is 3. The van der Waals surface area contributed by atoms with E-state index in [-0.39, 0.29) is 47.7 Å². The monoisotopic (exact) mass is 499 g/mol. The van der Waals surface area contributed by atoms with Crippen molar-refractivity contribution in [3.05, 3.63) is 41.8 Å². The van der Waals surface area contributed by atoms with Crippen molar-refractivity contribution < 1.29 is 26.4 Å². The van der Waals surface area contributed by atoms with Crippen molar-refractivity contribution in [3.8, 4) is 5.75 Å². The summed E-state index contributed by atoms with van der Waals surface area (Å²) in [6.07, 6.45) is 1.04. The molecule has 2 fully saturated rings. The largest absolute Gasteiger partial charge is 0.497 e. The minimum Gasteiger partial charge on any atom is -0.497 e. The van der Waals surface area contributed by atoms with Gasteiger partial charge in [-0.3, -0.25) is 4.79 Å². The van der Waals surface area contributed by atoms with Crippen LogP contribution in [0.2, 0.25) is 0 Å². The topological polar surface area (TPSA) is 104 Å². The zero-order valence-corrected chi connectivity index (χ0v) is 20.0. The average molecular weight is 500 g/mol. The van der Waals surface area contributed by atoms with E-state index in [1.54, 1.807) is 34.5 Å². The Hall–Kier alpha value is -1.99. The Morgan fingerprint density at radius 1 is 0.969 bits per heavy atom. The third kappa shape index (κ3) is 4.29. The fraction of sp³-hybridized carbons (Fsp3) is 0.450. The maximum Gasteiger partial charge on any atom is 0.252 e. The molecule has 2 saturated heterocycles. The summed E-state index contributed by atoms with van der Waals surface area (Å²) in [4.78, 5) is 14.9. The van der Waals surface area contributed by atoms with Crippen LogP contribution in [0.5, 0.6) is 5.75 Å². The molecule has 1 atom stereocenters. The summed E-state index contributed by atoms with van der Waals surface area (Å²) in [6, 6.07) is 8.58. The highest BCUT2D eigenvalue weighted by Crippen LogP contribution is 2.29. The van der Waals surface area contributed by atoms with Crippen LogP contribution in [0.4, 0.5) is 0 Å². The molecule has 1 aromatic carbocycles. The molecule has 0 saturated carbocycles. The van der Waals surface area contributed by atoms with Gasteiger partial charge in [0.05, 0.1) is 12.0 Å². The van der Waals surface area contributed by atoms with Crippen molar-refractivity contribution in [1.82, 2.24) is 13.5 Å². The summed E-state index contributed by atoms with van der Waals surface area (Å²) in [5.74, 6) is 0.279. The van der Waals surface area contributed by atoms with E-state index < -0.39 is 26.1 Å². The highest BCUT2D eigenvalue weighted by molar-refractivity contribution is 7.91. The van der Waals surface area contributed by atoms with Gasteiger partial charge in [0.1, 0.15) is 16.0 Å². The number of carbonyl (C=O) groups excluding carboxylic acids is 1. The molecular formula is C20H25N3O6S3. The molecule has 2 aromatic rings. The Balaban J connectivity index is 1.45. The number of hydrogen-bond acceptors (Lipinski definition) is 7. The fourth-order valence-electron chi connectivity index (χ4n) is 4.05. The molecule has 9 nitrogen and oxygen atoms in total. The number of thiophene rings is 1. The summed E-state index contributed by atoms with van der Waals surface area (Å²) in [5, 5.41) is 1.71. The van der Waals surface area contributed by atoms with Gasteiger partial charge >= 0.3 is 0 Å². The number of rotatable bonds is 6. The summed E-state index contributed by atoms with van der Waals surface area (Å²) >= 11 is 1.16. The maximum absolute atomic E-state index is 13.2. The van der Waals surface area contributed by atoms with Crippen molar-refractivity contribution >= 4 is 37.3 Å². The van der Waals surface area contributed by atoms with E-state index in [4.69, 9.17) is 4.74 Å². The Kier molecular flexibility index (Phi) is 6.59. The van der Waals surface area contributed by atoms with Crippen LogP contribution in [0.3, 0.4) is 0 Å². The Labute approximate surface area is 192 Å². The van der Waals surface area contributed by atoms with Gasteiger partial charge in [0, 0.05) is 32.7 Å². The van der Waals surface area contributed by atoms with E-state index in [9.17, 15) is 21.6 Å². The van der Waals surface area contributed by atoms with Gasteiger partial charge in [-0.25, -0.2) is 16.8 Å². The van der Waals surface area contributed by atoms with E-state index in [0.29, 0.717) is 18.6 Å². The number of amides is 1. The lowest BCUT2D eigenvalue weighted by Gasteiger charge is -2.36. The molecule has 0 radical (unpaired) electrons. The lowest BCUT2D eigenvalue weighted by atomic mass is 10.2. The van der Waals surface area contributed by atoms with Crippen LogP contribution in [0.25, 0.3) is 0 Å². The van der Waals surface area contributed by atoms with E-state index in [1.807, 2.05) is 0 Å². The van der Waals surface area contributed by atoms with Crippen molar-refractivity contribution in [2.45, 2.75) is 28.0 Å². The first-order valence-corrected chi connectivity index (χ1v) is 14.0. The molecule has 0 aliphatic carbocycles. The number of ether oxygens (including phenoxy) is 1. The average Bonchev–Trinajstić information content (AvgIpc) is 3.52. The third-order valence-corrected chi connectivity index (χ3v) is 11.0. The molecule has 0 unspecified atom stereocenters. The minimum absolute atomic E-state index is 0.116. The molecule has 0 N–H and O–H groups in total. The number of piperazine rings is 1. The molecular weight excluding hydrogens is 474 g/mol. The smallest absolute Gasteiger partial charge is 0.252 e. The standard InChI is InChI=1S/C20H25N3O6S3/c1-29-16-6-8-17(9-7-16)31(25,26)23-10-2-4-18(23)20(24)21-11-13-22(14-12-21)32(27,28)19-5-3-15-30-19/h3,5-9,15,18H,2,4,10-14H2,1H3/t18-/m1/s1. The van der Waals surface area contributed by atoms with Gasteiger partial charge in [-0.1, -0.05) is 6.07 Å². The first-order chi connectivity index (χ1) is 15.2. The number of benzene rings is 1. The van der Waals surface area contributed by atoms with Gasteiger partial charge in [0.15, 0.2) is 0 Å². The summed E-state index contributed by atoms with van der Waals surface area (Å²) < 4.78 is 59.8. The van der Waals surface area contributed by atoms with Gasteiger partial charge in [-0.2, -0.15) is 8.61 Å². The van der Waals surface area contributed by atoms with Gasteiger partial charge < -0.3 is 9.64 Å². The first-order valence-electron chi connectivity index (χ1n) is 10.2. The van der Waals surface area contributed by atoms with Crippen LogP contribution in [-0.4, -0.2) is 82.1 Å². The van der Waals surface area contributed by atoms with Crippen LogP contribution in [0.15, 0.2) is 50.9 Å². The molecule has 1 amide bonds. The SMILES string of the molecule is COc1ccc(S(=O)(=O)N2CCC[C@@H]2C(=O)N2CCN(S(=O)(=O)c3cccs3)CC2)cc1. The van der Waals surface area contributed by atoms with Crippen molar-refractivity contribution in [2.75, 3.05) is 39.8 Å². The first kappa shape index (κ1) is 23.2. The molecule has 1 aromatic heterocycles. The van der Waals surface area contributed by atoms with Crippen LogP contribution in [-0.2, 0) is 24.8 Å². The van der Waals surface area contributed by atoms with Crippen LogP contribution < -0.4 is 4.74 Å². The van der Waals surface area contributed by atoms with Crippen molar-refractivity contribution in [2.24, 2.45) is 0 Å². The molecule has 4 rings (SSSR count). The highest BCUT2D eigenvalue weighted by atomic mass is 32.2. The summed E-state index contributed by atoms with van der Waals surface area (Å²) in [7, 11) is -5.90. The van der Waals surface area contributed by atoms with E-state index in [1.165, 1.54) is 27.9 Å². The van der Waals surface area contributed by atoms with Crippen LogP contribution in [0, 0.1) is 0 Å². The number of carbonyl (C=O) groups is 1. The fourth-order valence-corrected chi connectivity index (χ4v) is 8.27. The minimum atomic E-state index is -3.83. The second-order valence-corrected chi connectivity index (χ2v) is 12.6. The number of hydrogen-bond donors (Lipinski definition) is 0. The molecule has 0 bridgehead atoms. The van der Waals surface area contributed by atoms with Gasteiger partial charge in [-0.05, 0) is 48.6 Å². The van der Waals surface area contributed by atoms with E-state index in [2.05, 4.69) is 0 Å². The third-order valence-electron chi connectivity index (χ3n) is 5.79. The van der Waals surface area contributed by atoms with Crippen molar-refractivity contribution in [1.29, 1.82) is 0 Å². The van der Waals surface area contributed by atoms with Crippen LogP contribution >= 0.6 is 11.3 Å². The molecule has 2 aliphatic heterocycles. The number of sulfonamides is 2. The second kappa shape index (κ2) is 9.10. The lowest BCUT2D eigenvalue weighted by molar-refractivity contribution is -0.135. The molecule has 2 aliphatic rings. The summed E-state index contributed by atoms with van der Waals surface area (Å²) in [5.41, 5.74) is 0. The Morgan fingerprint density at radius 3 is 2.25 bits per heavy atom. The molecule has 3 heterocycles. The maximum atomic E-state index is 13.2. The van der Waals surface area contributed by atoms with Gasteiger partial charge in [-0.15, -0.1) is 11.3 Å². The zero-order valence-electron chi connectivity index (χ0n) is 17.6. The molecule has 32 heavy (non-hydrogen) atoms. The Morgan fingerprint density at radius 2 is 1.66 bits per heavy atom. The lowest BCUT2D eigenvalue weighted by Crippen LogP contribution is -2.55. The molecule has 174 valence electrons. The van der Waals surface area contributed by atoms with E-state index in [0.717, 1.165) is 11.3 Å². The van der Waals surface area contributed by atoms with Gasteiger partial charge in [0.2, 0.25) is 15.9 Å². The zero-order chi connectivity index (χ0) is 22.9. The van der Waals surface area contributed by atoms with E-state index >= 15 is 0 Å². The predicted octanol–water partition coefficient (Wildman–Crippen LogP) is 1.44. The summed E-state index contributed by atoms with van der Waals surface area (Å²) in [6.45, 7) is 1.11. The van der Waals surface area contributed by atoms with Crippen molar-refractivity contribution in [3.63, 3.8) is 0 Å². The Bertz CT molecular complexity index is 1160. The van der Waals surface area contributed by atoms with Gasteiger partial charge in [0.25, 0.3) is 10.0 Å². The second-order valence-electron chi connectivity index (χ2n) is 7.61. The molecule has 12 heteroatoms. The molecule has 0 spiro atoms. The highest BCUT2D eigenvalue weighted by Gasteiger charge is 2.42. The number of methoxy groups -OCH3 is 1. The quantitative estimate of drug-likeness (QED) is 0.596.